The van der Waals surface area contributed by atoms with Gasteiger partial charge in [0.15, 0.2) is 0 Å². The third-order valence-electron chi connectivity index (χ3n) is 4.74. The molecule has 1 unspecified atom stereocenters. The first-order valence-corrected chi connectivity index (χ1v) is 10.0. The first kappa shape index (κ1) is 16.7. The Morgan fingerprint density at radius 1 is 1.19 bits per heavy atom. The van der Waals surface area contributed by atoms with Crippen molar-refractivity contribution >= 4 is 10.3 Å². The molecule has 21 heavy (non-hydrogen) atoms. The van der Waals surface area contributed by atoms with Crippen LogP contribution in [0.2, 0.25) is 0 Å². The average molecular weight is 311 g/mol. The number of benzene rings is 1. The normalized spacial score (nSPS) is 22.3. The fourth-order valence-corrected chi connectivity index (χ4v) is 3.59. The largest absolute Gasteiger partial charge is 0.482 e. The van der Waals surface area contributed by atoms with Crippen LogP contribution in [0.4, 0.5) is 0 Å². The molecule has 0 radical (unpaired) electrons. The molecule has 0 aromatic heterocycles. The first-order chi connectivity index (χ1) is 9.46. The molecule has 1 aromatic rings. The van der Waals surface area contributed by atoms with Crippen LogP contribution in [0.1, 0.15) is 50.8 Å². The maximum atomic E-state index is 6.25. The Morgan fingerprint density at radius 3 is 2.33 bits per heavy atom. The van der Waals surface area contributed by atoms with E-state index in [4.69, 9.17) is 8.92 Å². The standard InChI is InChI=1S/C18H30O2S/c1-13-11-14(2)16-15(12-13)20-18(16,6)9-10-19-21(7,8)17(3,4)5/h11-12H,9-10H2,1-8H3. The van der Waals surface area contributed by atoms with Crippen molar-refractivity contribution in [2.75, 3.05) is 19.1 Å². The Hall–Kier alpha value is -0.670. The minimum absolute atomic E-state index is 0.180. The fourth-order valence-electron chi connectivity index (χ4n) is 2.73. The fraction of sp³-hybridized carbons (Fsp3) is 0.667. The minimum atomic E-state index is -1.05. The maximum Gasteiger partial charge on any atom is 0.137 e. The van der Waals surface area contributed by atoms with E-state index in [0.29, 0.717) is 0 Å². The molecule has 0 saturated carbocycles. The summed E-state index contributed by atoms with van der Waals surface area (Å²) in [6, 6.07) is 4.38. The summed E-state index contributed by atoms with van der Waals surface area (Å²) < 4.78 is 12.5. The summed E-state index contributed by atoms with van der Waals surface area (Å²) in [6.45, 7) is 14.0. The van der Waals surface area contributed by atoms with Crippen molar-refractivity contribution in [3.8, 4) is 5.75 Å². The third kappa shape index (κ3) is 3.09. The van der Waals surface area contributed by atoms with Crippen LogP contribution >= 0.6 is 10.3 Å². The molecule has 0 aliphatic carbocycles. The molecule has 1 heterocycles. The van der Waals surface area contributed by atoms with Gasteiger partial charge >= 0.3 is 0 Å². The Bertz CT molecular complexity index is 526. The van der Waals surface area contributed by atoms with Gasteiger partial charge in [0.1, 0.15) is 11.4 Å². The SMILES string of the molecule is Cc1cc(C)c2c(c1)OC2(C)CCOS(C)(C)C(C)(C)C. The molecule has 120 valence electrons. The first-order valence-electron chi connectivity index (χ1n) is 7.64. The topological polar surface area (TPSA) is 18.5 Å². The summed E-state index contributed by atoms with van der Waals surface area (Å²) in [7, 11) is -1.05. The molecule has 0 fully saturated rings. The van der Waals surface area contributed by atoms with Crippen LogP contribution in [0.5, 0.6) is 5.75 Å². The van der Waals surface area contributed by atoms with E-state index in [1.165, 1.54) is 16.7 Å². The zero-order chi connectivity index (χ0) is 16.1. The van der Waals surface area contributed by atoms with Crippen LogP contribution in [-0.4, -0.2) is 23.9 Å². The van der Waals surface area contributed by atoms with E-state index in [0.717, 1.165) is 18.8 Å². The summed E-state index contributed by atoms with van der Waals surface area (Å²) in [4.78, 5) is 0. The third-order valence-corrected chi connectivity index (χ3v) is 8.44. The quantitative estimate of drug-likeness (QED) is 0.770. The molecule has 2 rings (SSSR count). The van der Waals surface area contributed by atoms with E-state index < -0.39 is 10.3 Å². The van der Waals surface area contributed by atoms with Crippen molar-refractivity contribution in [3.05, 3.63) is 28.8 Å². The van der Waals surface area contributed by atoms with Crippen LogP contribution in [-0.2, 0) is 9.78 Å². The van der Waals surface area contributed by atoms with Crippen molar-refractivity contribution < 1.29 is 8.92 Å². The molecule has 3 heteroatoms. The summed E-state index contributed by atoms with van der Waals surface area (Å²) in [5, 5.41) is 0. The molecule has 0 spiro atoms. The second kappa shape index (κ2) is 5.20. The van der Waals surface area contributed by atoms with Crippen LogP contribution in [0.25, 0.3) is 0 Å². The van der Waals surface area contributed by atoms with E-state index in [2.05, 4.69) is 66.2 Å². The highest BCUT2D eigenvalue weighted by molar-refractivity contribution is 8.29. The number of hydrogen-bond acceptors (Lipinski definition) is 2. The van der Waals surface area contributed by atoms with Gasteiger partial charge in [0.2, 0.25) is 0 Å². The molecule has 0 N–H and O–H groups in total. The predicted molar refractivity (Wildman–Crippen MR) is 93.7 cm³/mol. The van der Waals surface area contributed by atoms with Gasteiger partial charge in [0.05, 0.1) is 6.61 Å². The van der Waals surface area contributed by atoms with Gasteiger partial charge in [-0.1, -0.05) is 26.8 Å². The highest BCUT2D eigenvalue weighted by Gasteiger charge is 2.42. The number of ether oxygens (including phenoxy) is 1. The summed E-state index contributed by atoms with van der Waals surface area (Å²) in [5.74, 6) is 1.05. The summed E-state index contributed by atoms with van der Waals surface area (Å²) in [5.41, 5.74) is 3.78. The van der Waals surface area contributed by atoms with Gasteiger partial charge in [-0.05, 0) is 50.5 Å². The van der Waals surface area contributed by atoms with E-state index in [-0.39, 0.29) is 10.3 Å². The zero-order valence-electron chi connectivity index (χ0n) is 14.8. The molecule has 0 saturated heterocycles. The maximum absolute atomic E-state index is 6.25. The van der Waals surface area contributed by atoms with Crippen LogP contribution in [0, 0.1) is 13.8 Å². The molecular weight excluding hydrogens is 280 g/mol. The Kier molecular flexibility index (Phi) is 4.14. The van der Waals surface area contributed by atoms with Crippen LogP contribution in [0.3, 0.4) is 0 Å². The van der Waals surface area contributed by atoms with Crippen molar-refractivity contribution in [1.29, 1.82) is 0 Å². The van der Waals surface area contributed by atoms with Gasteiger partial charge < -0.3 is 8.92 Å². The summed E-state index contributed by atoms with van der Waals surface area (Å²) >= 11 is 0. The molecule has 1 aliphatic rings. The molecule has 0 bridgehead atoms. The minimum Gasteiger partial charge on any atom is -0.482 e. The van der Waals surface area contributed by atoms with Crippen LogP contribution in [0.15, 0.2) is 12.1 Å². The van der Waals surface area contributed by atoms with Gasteiger partial charge in [0.25, 0.3) is 0 Å². The number of fused-ring (bicyclic) bond motifs is 1. The van der Waals surface area contributed by atoms with E-state index in [9.17, 15) is 0 Å². The lowest BCUT2D eigenvalue weighted by molar-refractivity contribution is 0.0117. The monoisotopic (exact) mass is 310 g/mol. The van der Waals surface area contributed by atoms with E-state index in [1.54, 1.807) is 0 Å². The van der Waals surface area contributed by atoms with Crippen molar-refractivity contribution in [3.63, 3.8) is 0 Å². The lowest BCUT2D eigenvalue weighted by Crippen LogP contribution is -2.41. The van der Waals surface area contributed by atoms with E-state index in [1.807, 2.05) is 0 Å². The van der Waals surface area contributed by atoms with Gasteiger partial charge in [0, 0.05) is 16.7 Å². The second-order valence-electron chi connectivity index (χ2n) is 7.71. The Morgan fingerprint density at radius 2 is 1.81 bits per heavy atom. The molecular formula is C18H30O2S. The average Bonchev–Trinajstić information content (AvgIpc) is 2.24. The van der Waals surface area contributed by atoms with Crippen molar-refractivity contribution in [2.45, 2.75) is 58.3 Å². The van der Waals surface area contributed by atoms with Crippen molar-refractivity contribution in [2.24, 2.45) is 0 Å². The number of rotatable bonds is 4. The van der Waals surface area contributed by atoms with Gasteiger partial charge in [-0.15, -0.1) is 10.3 Å². The predicted octanol–water partition coefficient (Wildman–Crippen LogP) is 5.10. The Balaban J connectivity index is 2.02. The highest BCUT2D eigenvalue weighted by atomic mass is 32.3. The van der Waals surface area contributed by atoms with Crippen LogP contribution < -0.4 is 4.74 Å². The molecule has 2 nitrogen and oxygen atoms in total. The lowest BCUT2D eigenvalue weighted by atomic mass is 9.83. The lowest BCUT2D eigenvalue weighted by Gasteiger charge is -2.46. The Labute approximate surface area is 131 Å². The number of aryl methyl sites for hydroxylation is 2. The van der Waals surface area contributed by atoms with Gasteiger partial charge in [-0.2, -0.15) is 0 Å². The molecule has 1 aromatic carbocycles. The molecule has 0 amide bonds. The molecule has 1 aliphatic heterocycles. The summed E-state index contributed by atoms with van der Waals surface area (Å²) in [6.07, 6.45) is 5.41. The van der Waals surface area contributed by atoms with Gasteiger partial charge in [-0.3, -0.25) is 0 Å². The van der Waals surface area contributed by atoms with Crippen molar-refractivity contribution in [1.82, 2.24) is 0 Å². The highest BCUT2D eigenvalue weighted by Crippen LogP contribution is 2.55. The molecule has 1 atom stereocenters. The zero-order valence-corrected chi connectivity index (χ0v) is 15.6. The van der Waals surface area contributed by atoms with Gasteiger partial charge in [-0.25, -0.2) is 0 Å². The smallest absolute Gasteiger partial charge is 0.137 e. The number of hydrogen-bond donors (Lipinski definition) is 0. The van der Waals surface area contributed by atoms with E-state index >= 15 is 0 Å². The second-order valence-corrected chi connectivity index (χ2v) is 11.6.